The molecule has 3 nitrogen and oxygen atoms in total. The second kappa shape index (κ2) is 7.93. The molecular formula is C23H26ClNO2. The topological polar surface area (TPSA) is 38.3 Å². The largest absolute Gasteiger partial charge is 0.488 e. The molecule has 4 atom stereocenters. The van der Waals surface area contributed by atoms with Crippen LogP contribution < -0.4 is 10.1 Å². The van der Waals surface area contributed by atoms with Crippen LogP contribution in [0.2, 0.25) is 5.02 Å². The summed E-state index contributed by atoms with van der Waals surface area (Å²) < 4.78 is 5.94. The van der Waals surface area contributed by atoms with Gasteiger partial charge in [0.1, 0.15) is 12.4 Å². The predicted octanol–water partition coefficient (Wildman–Crippen LogP) is 5.47. The number of nitrogens with one attached hydrogen (secondary N) is 1. The van der Waals surface area contributed by atoms with Crippen LogP contribution in [0.25, 0.3) is 0 Å². The molecule has 4 heteroatoms. The van der Waals surface area contributed by atoms with Gasteiger partial charge in [-0.2, -0.15) is 0 Å². The molecule has 0 spiro atoms. The molecule has 0 aromatic heterocycles. The van der Waals surface area contributed by atoms with Crippen LogP contribution in [0.15, 0.2) is 48.5 Å². The Labute approximate surface area is 166 Å². The van der Waals surface area contributed by atoms with E-state index in [-0.39, 0.29) is 11.9 Å². The van der Waals surface area contributed by atoms with Crippen molar-refractivity contribution in [1.82, 2.24) is 5.32 Å². The molecule has 1 N–H and O–H groups in total. The molecule has 2 aliphatic rings. The molecule has 0 aliphatic heterocycles. The minimum Gasteiger partial charge on any atom is -0.488 e. The molecule has 2 bridgehead atoms. The number of amides is 1. The zero-order chi connectivity index (χ0) is 18.8. The number of rotatable bonds is 6. The molecule has 2 saturated carbocycles. The lowest BCUT2D eigenvalue weighted by molar-refractivity contribution is 0.0910. The van der Waals surface area contributed by atoms with Crippen LogP contribution in [0.4, 0.5) is 0 Å². The maximum atomic E-state index is 12.9. The summed E-state index contributed by atoms with van der Waals surface area (Å²) in [5.41, 5.74) is 1.49. The maximum absolute atomic E-state index is 12.9. The number of carbonyl (C=O) groups is 1. The molecule has 2 aromatic rings. The first-order valence-electron chi connectivity index (χ1n) is 9.88. The first-order chi connectivity index (χ1) is 13.1. The van der Waals surface area contributed by atoms with Gasteiger partial charge < -0.3 is 10.1 Å². The molecule has 4 rings (SSSR count). The Morgan fingerprint density at radius 2 is 1.93 bits per heavy atom. The van der Waals surface area contributed by atoms with Gasteiger partial charge in [-0.05, 0) is 62.1 Å². The Kier molecular flexibility index (Phi) is 5.40. The summed E-state index contributed by atoms with van der Waals surface area (Å²) in [6.07, 6.45) is 5.31. The van der Waals surface area contributed by atoms with Crippen LogP contribution in [0.3, 0.4) is 0 Å². The van der Waals surface area contributed by atoms with Crippen LogP contribution in [0.5, 0.6) is 5.75 Å². The number of halogens is 1. The molecule has 2 aliphatic carbocycles. The zero-order valence-corrected chi connectivity index (χ0v) is 16.4. The number of benzene rings is 2. The van der Waals surface area contributed by atoms with Gasteiger partial charge in [0.25, 0.3) is 5.91 Å². The Balaban J connectivity index is 1.42. The number of fused-ring (bicyclic) bond motifs is 2. The van der Waals surface area contributed by atoms with Crippen molar-refractivity contribution in [3.63, 3.8) is 0 Å². The summed E-state index contributed by atoms with van der Waals surface area (Å²) in [5, 5.41) is 3.90. The Hall–Kier alpha value is -2.00. The van der Waals surface area contributed by atoms with E-state index in [1.807, 2.05) is 48.5 Å². The standard InChI is InChI=1S/C23H26ClNO2/c1-15(20-13-16-10-11-17(20)12-16)25-23(26)19-7-3-5-9-22(19)27-14-18-6-2-4-8-21(18)24/h2-9,15-17,20H,10-14H2,1H3,(H,25,26)/t15-,16-,17-,20+/m0/s1. The third kappa shape index (κ3) is 3.98. The minimum atomic E-state index is -0.0555. The maximum Gasteiger partial charge on any atom is 0.255 e. The van der Waals surface area contributed by atoms with E-state index >= 15 is 0 Å². The molecule has 1 amide bonds. The van der Waals surface area contributed by atoms with Crippen LogP contribution in [0.1, 0.15) is 48.5 Å². The van der Waals surface area contributed by atoms with E-state index in [0.29, 0.717) is 28.9 Å². The fraction of sp³-hybridized carbons (Fsp3) is 0.435. The first kappa shape index (κ1) is 18.4. The summed E-state index contributed by atoms with van der Waals surface area (Å²) in [6, 6.07) is 15.2. The van der Waals surface area contributed by atoms with E-state index in [9.17, 15) is 4.79 Å². The molecule has 2 fully saturated rings. The third-order valence-corrected chi connectivity index (χ3v) is 6.64. The van der Waals surface area contributed by atoms with E-state index in [1.165, 1.54) is 25.7 Å². The van der Waals surface area contributed by atoms with Gasteiger partial charge >= 0.3 is 0 Å². The van der Waals surface area contributed by atoms with Gasteiger partial charge in [-0.1, -0.05) is 48.4 Å². The fourth-order valence-electron chi connectivity index (χ4n) is 4.85. The molecular weight excluding hydrogens is 358 g/mol. The van der Waals surface area contributed by atoms with Crippen molar-refractivity contribution in [3.05, 3.63) is 64.7 Å². The molecule has 0 saturated heterocycles. The minimum absolute atomic E-state index is 0.0555. The van der Waals surface area contributed by atoms with Crippen LogP contribution in [-0.4, -0.2) is 11.9 Å². The number of carbonyl (C=O) groups excluding carboxylic acids is 1. The highest BCUT2D eigenvalue weighted by Gasteiger charge is 2.42. The average molecular weight is 384 g/mol. The van der Waals surface area contributed by atoms with E-state index in [4.69, 9.17) is 16.3 Å². The molecule has 0 radical (unpaired) electrons. The summed E-state index contributed by atoms with van der Waals surface area (Å²) in [6.45, 7) is 2.49. The van der Waals surface area contributed by atoms with Crippen molar-refractivity contribution >= 4 is 17.5 Å². The summed E-state index contributed by atoms with van der Waals surface area (Å²) in [4.78, 5) is 12.9. The van der Waals surface area contributed by atoms with Gasteiger partial charge in [0, 0.05) is 16.6 Å². The summed E-state index contributed by atoms with van der Waals surface area (Å²) >= 11 is 6.21. The monoisotopic (exact) mass is 383 g/mol. The zero-order valence-electron chi connectivity index (χ0n) is 15.7. The van der Waals surface area contributed by atoms with Crippen molar-refractivity contribution < 1.29 is 9.53 Å². The van der Waals surface area contributed by atoms with Gasteiger partial charge in [-0.15, -0.1) is 0 Å². The Morgan fingerprint density at radius 1 is 1.15 bits per heavy atom. The van der Waals surface area contributed by atoms with Gasteiger partial charge in [0.15, 0.2) is 0 Å². The van der Waals surface area contributed by atoms with Crippen molar-refractivity contribution in [3.8, 4) is 5.75 Å². The van der Waals surface area contributed by atoms with Crippen LogP contribution >= 0.6 is 11.6 Å². The smallest absolute Gasteiger partial charge is 0.255 e. The molecule has 27 heavy (non-hydrogen) atoms. The molecule has 0 unspecified atom stereocenters. The normalized spacial score (nSPS) is 24.6. The van der Waals surface area contributed by atoms with Gasteiger partial charge in [0.2, 0.25) is 0 Å². The summed E-state index contributed by atoms with van der Waals surface area (Å²) in [7, 11) is 0. The SMILES string of the molecule is C[C@H](NC(=O)c1ccccc1OCc1ccccc1Cl)[C@H]1C[C@H]2CC[C@H]1C2. The first-order valence-corrected chi connectivity index (χ1v) is 10.3. The highest BCUT2D eigenvalue weighted by Crippen LogP contribution is 2.49. The van der Waals surface area contributed by atoms with Crippen molar-refractivity contribution in [1.29, 1.82) is 0 Å². The van der Waals surface area contributed by atoms with Crippen molar-refractivity contribution in [2.24, 2.45) is 17.8 Å². The number of para-hydroxylation sites is 1. The highest BCUT2D eigenvalue weighted by atomic mass is 35.5. The second-order valence-electron chi connectivity index (χ2n) is 7.98. The van der Waals surface area contributed by atoms with Gasteiger partial charge in [-0.25, -0.2) is 0 Å². The number of hydrogen-bond acceptors (Lipinski definition) is 2. The highest BCUT2D eigenvalue weighted by molar-refractivity contribution is 6.31. The average Bonchev–Trinajstić information content (AvgIpc) is 3.31. The molecule has 142 valence electrons. The Bertz CT molecular complexity index is 822. The van der Waals surface area contributed by atoms with Crippen molar-refractivity contribution in [2.45, 2.75) is 45.3 Å². The molecule has 2 aromatic carbocycles. The Morgan fingerprint density at radius 3 is 2.67 bits per heavy atom. The summed E-state index contributed by atoms with van der Waals surface area (Å²) in [5.74, 6) is 2.82. The van der Waals surface area contributed by atoms with E-state index in [1.54, 1.807) is 0 Å². The van der Waals surface area contributed by atoms with E-state index in [0.717, 1.165) is 17.4 Å². The van der Waals surface area contributed by atoms with E-state index < -0.39 is 0 Å². The van der Waals surface area contributed by atoms with E-state index in [2.05, 4.69) is 12.2 Å². The lowest BCUT2D eigenvalue weighted by Gasteiger charge is -2.28. The lowest BCUT2D eigenvalue weighted by Crippen LogP contribution is -2.40. The van der Waals surface area contributed by atoms with Gasteiger partial charge in [0.05, 0.1) is 5.56 Å². The van der Waals surface area contributed by atoms with Crippen LogP contribution in [0, 0.1) is 17.8 Å². The number of ether oxygens (including phenoxy) is 1. The van der Waals surface area contributed by atoms with Crippen LogP contribution in [-0.2, 0) is 6.61 Å². The second-order valence-corrected chi connectivity index (χ2v) is 8.38. The van der Waals surface area contributed by atoms with Gasteiger partial charge in [-0.3, -0.25) is 4.79 Å². The lowest BCUT2D eigenvalue weighted by atomic mass is 9.84. The predicted molar refractivity (Wildman–Crippen MR) is 108 cm³/mol. The van der Waals surface area contributed by atoms with Crippen molar-refractivity contribution in [2.75, 3.05) is 0 Å². The number of hydrogen-bond donors (Lipinski definition) is 1. The fourth-order valence-corrected chi connectivity index (χ4v) is 5.04. The molecule has 0 heterocycles. The quantitative estimate of drug-likeness (QED) is 0.717. The third-order valence-electron chi connectivity index (χ3n) is 6.27.